The Bertz CT molecular complexity index is 786. The van der Waals surface area contributed by atoms with E-state index in [1.165, 1.54) is 5.56 Å². The van der Waals surface area contributed by atoms with E-state index in [4.69, 9.17) is 13.9 Å². The Labute approximate surface area is 160 Å². The molecular formula is C21H24ClNO3. The molecule has 0 saturated heterocycles. The summed E-state index contributed by atoms with van der Waals surface area (Å²) in [6.45, 7) is 4.02. The van der Waals surface area contributed by atoms with E-state index < -0.39 is 0 Å². The van der Waals surface area contributed by atoms with Crippen molar-refractivity contribution in [1.82, 2.24) is 5.32 Å². The summed E-state index contributed by atoms with van der Waals surface area (Å²) >= 11 is 0. The zero-order valence-electron chi connectivity index (χ0n) is 15.0. The number of methoxy groups -OCH3 is 1. The molecule has 0 saturated carbocycles. The second-order valence-electron chi connectivity index (χ2n) is 5.94. The lowest BCUT2D eigenvalue weighted by atomic mass is 10.1. The third-order valence-electron chi connectivity index (χ3n) is 3.95. The molecule has 0 bridgehead atoms. The fraction of sp³-hybridized carbons (Fsp3) is 0.238. The number of rotatable bonds is 8. The van der Waals surface area contributed by atoms with E-state index in [1.54, 1.807) is 13.4 Å². The SMILES string of the molecule is COc1cc(CNCc2ccco2)ccc1OCc1ccc(C)cc1.Cl. The summed E-state index contributed by atoms with van der Waals surface area (Å²) in [5.74, 6) is 2.41. The van der Waals surface area contributed by atoms with E-state index in [0.29, 0.717) is 13.2 Å². The lowest BCUT2D eigenvalue weighted by molar-refractivity contribution is 0.284. The highest BCUT2D eigenvalue weighted by Gasteiger charge is 2.07. The standard InChI is InChI=1S/C21H23NO3.ClH/c1-16-5-7-17(8-6-16)15-25-20-10-9-18(12-21(20)23-2)13-22-14-19-4-3-11-24-19;/h3-12,22H,13-15H2,1-2H3;1H. The van der Waals surface area contributed by atoms with Crippen molar-refractivity contribution in [2.24, 2.45) is 0 Å². The van der Waals surface area contributed by atoms with Crippen LogP contribution in [0, 0.1) is 6.92 Å². The van der Waals surface area contributed by atoms with Crippen LogP contribution >= 0.6 is 12.4 Å². The average Bonchev–Trinajstić information content (AvgIpc) is 3.15. The van der Waals surface area contributed by atoms with Crippen molar-refractivity contribution in [2.45, 2.75) is 26.6 Å². The van der Waals surface area contributed by atoms with E-state index in [9.17, 15) is 0 Å². The minimum absolute atomic E-state index is 0. The van der Waals surface area contributed by atoms with Crippen LogP contribution in [0.2, 0.25) is 0 Å². The summed E-state index contributed by atoms with van der Waals surface area (Å²) < 4.78 is 16.7. The maximum atomic E-state index is 5.91. The number of hydrogen-bond donors (Lipinski definition) is 1. The fourth-order valence-electron chi connectivity index (χ4n) is 2.53. The first-order valence-electron chi connectivity index (χ1n) is 8.33. The first kappa shape index (κ1) is 19.9. The van der Waals surface area contributed by atoms with Gasteiger partial charge < -0.3 is 19.2 Å². The van der Waals surface area contributed by atoms with Gasteiger partial charge in [-0.15, -0.1) is 12.4 Å². The Balaban J connectivity index is 0.00000243. The predicted octanol–water partition coefficient (Wildman–Crippen LogP) is 4.89. The molecule has 2 aromatic carbocycles. The van der Waals surface area contributed by atoms with Gasteiger partial charge in [0.05, 0.1) is 19.9 Å². The van der Waals surface area contributed by atoms with Crippen LogP contribution in [0.25, 0.3) is 0 Å². The molecule has 26 heavy (non-hydrogen) atoms. The monoisotopic (exact) mass is 373 g/mol. The summed E-state index contributed by atoms with van der Waals surface area (Å²) in [5, 5.41) is 3.35. The zero-order chi connectivity index (χ0) is 17.5. The Morgan fingerprint density at radius 2 is 1.69 bits per heavy atom. The normalized spacial score (nSPS) is 10.2. The van der Waals surface area contributed by atoms with E-state index in [1.807, 2.05) is 30.3 Å². The molecule has 5 heteroatoms. The maximum absolute atomic E-state index is 5.91. The number of benzene rings is 2. The van der Waals surface area contributed by atoms with Gasteiger partial charge in [0.15, 0.2) is 11.5 Å². The van der Waals surface area contributed by atoms with Crippen LogP contribution in [0.15, 0.2) is 65.3 Å². The van der Waals surface area contributed by atoms with Crippen molar-refractivity contribution in [1.29, 1.82) is 0 Å². The molecule has 0 unspecified atom stereocenters. The second-order valence-corrected chi connectivity index (χ2v) is 5.94. The second kappa shape index (κ2) is 9.90. The topological polar surface area (TPSA) is 43.6 Å². The van der Waals surface area contributed by atoms with Gasteiger partial charge >= 0.3 is 0 Å². The summed E-state index contributed by atoms with van der Waals surface area (Å²) in [6, 6.07) is 18.2. The molecule has 138 valence electrons. The average molecular weight is 374 g/mol. The van der Waals surface area contributed by atoms with Crippen LogP contribution in [0.5, 0.6) is 11.5 Å². The van der Waals surface area contributed by atoms with Gasteiger partial charge in [-0.25, -0.2) is 0 Å². The van der Waals surface area contributed by atoms with Gasteiger partial charge in [0, 0.05) is 6.54 Å². The van der Waals surface area contributed by atoms with Gasteiger partial charge in [0.2, 0.25) is 0 Å². The van der Waals surface area contributed by atoms with E-state index in [0.717, 1.165) is 34.9 Å². The highest BCUT2D eigenvalue weighted by Crippen LogP contribution is 2.29. The van der Waals surface area contributed by atoms with Crippen LogP contribution < -0.4 is 14.8 Å². The van der Waals surface area contributed by atoms with Gasteiger partial charge in [-0.1, -0.05) is 35.9 Å². The lowest BCUT2D eigenvalue weighted by Gasteiger charge is -2.13. The van der Waals surface area contributed by atoms with Crippen molar-refractivity contribution in [3.05, 3.63) is 83.3 Å². The van der Waals surface area contributed by atoms with Crippen LogP contribution in [0.3, 0.4) is 0 Å². The first-order chi connectivity index (χ1) is 12.2. The Morgan fingerprint density at radius 1 is 0.923 bits per heavy atom. The lowest BCUT2D eigenvalue weighted by Crippen LogP contribution is -2.12. The van der Waals surface area contributed by atoms with Gasteiger partial charge in [0.25, 0.3) is 0 Å². The molecule has 4 nitrogen and oxygen atoms in total. The smallest absolute Gasteiger partial charge is 0.161 e. The summed E-state index contributed by atoms with van der Waals surface area (Å²) in [6.07, 6.45) is 1.68. The predicted molar refractivity (Wildman–Crippen MR) is 105 cm³/mol. The molecule has 0 radical (unpaired) electrons. The molecule has 0 spiro atoms. The minimum atomic E-state index is 0. The van der Waals surface area contributed by atoms with Gasteiger partial charge in [-0.3, -0.25) is 0 Å². The molecule has 0 aliphatic rings. The quantitative estimate of drug-likeness (QED) is 0.610. The molecule has 1 aromatic heterocycles. The molecule has 0 aliphatic carbocycles. The molecule has 3 aromatic rings. The van der Waals surface area contributed by atoms with E-state index in [2.05, 4.69) is 36.5 Å². The highest BCUT2D eigenvalue weighted by atomic mass is 35.5. The Morgan fingerprint density at radius 3 is 2.38 bits per heavy atom. The summed E-state index contributed by atoms with van der Waals surface area (Å²) in [7, 11) is 1.66. The number of furan rings is 1. The van der Waals surface area contributed by atoms with E-state index in [-0.39, 0.29) is 12.4 Å². The molecule has 0 atom stereocenters. The number of ether oxygens (including phenoxy) is 2. The number of hydrogen-bond acceptors (Lipinski definition) is 4. The van der Waals surface area contributed by atoms with Crippen LogP contribution in [-0.2, 0) is 19.7 Å². The molecule has 3 rings (SSSR count). The fourth-order valence-corrected chi connectivity index (χ4v) is 2.53. The molecular weight excluding hydrogens is 350 g/mol. The van der Waals surface area contributed by atoms with Crippen LogP contribution in [-0.4, -0.2) is 7.11 Å². The van der Waals surface area contributed by atoms with Crippen molar-refractivity contribution in [3.8, 4) is 11.5 Å². The number of aryl methyl sites for hydroxylation is 1. The summed E-state index contributed by atoms with van der Waals surface area (Å²) in [5.41, 5.74) is 3.51. The maximum Gasteiger partial charge on any atom is 0.161 e. The van der Waals surface area contributed by atoms with Crippen molar-refractivity contribution in [3.63, 3.8) is 0 Å². The third-order valence-corrected chi connectivity index (χ3v) is 3.95. The molecule has 1 N–H and O–H groups in total. The Kier molecular flexibility index (Phi) is 7.57. The molecule has 0 fully saturated rings. The van der Waals surface area contributed by atoms with Crippen molar-refractivity contribution >= 4 is 12.4 Å². The van der Waals surface area contributed by atoms with Gasteiger partial charge in [0.1, 0.15) is 12.4 Å². The number of nitrogens with one attached hydrogen (secondary N) is 1. The van der Waals surface area contributed by atoms with Gasteiger partial charge in [-0.05, 0) is 42.3 Å². The van der Waals surface area contributed by atoms with Crippen LogP contribution in [0.1, 0.15) is 22.5 Å². The third kappa shape index (κ3) is 5.55. The highest BCUT2D eigenvalue weighted by molar-refractivity contribution is 5.85. The molecule has 0 amide bonds. The zero-order valence-corrected chi connectivity index (χ0v) is 15.8. The molecule has 1 heterocycles. The molecule has 0 aliphatic heterocycles. The van der Waals surface area contributed by atoms with Crippen molar-refractivity contribution in [2.75, 3.05) is 7.11 Å². The summed E-state index contributed by atoms with van der Waals surface area (Å²) in [4.78, 5) is 0. The minimum Gasteiger partial charge on any atom is -0.493 e. The van der Waals surface area contributed by atoms with Crippen molar-refractivity contribution < 1.29 is 13.9 Å². The van der Waals surface area contributed by atoms with E-state index >= 15 is 0 Å². The Hall–Kier alpha value is -2.43. The number of halogens is 1. The largest absolute Gasteiger partial charge is 0.493 e. The van der Waals surface area contributed by atoms with Crippen LogP contribution in [0.4, 0.5) is 0 Å². The first-order valence-corrected chi connectivity index (χ1v) is 8.33. The van der Waals surface area contributed by atoms with Gasteiger partial charge in [-0.2, -0.15) is 0 Å².